The summed E-state index contributed by atoms with van der Waals surface area (Å²) in [7, 11) is 0. The molecule has 3 saturated heterocycles. The minimum atomic E-state index is 0.209. The molecular formula is C19H22N4OS. The summed E-state index contributed by atoms with van der Waals surface area (Å²) in [5.74, 6) is 0.913. The number of rotatable bonds is 3. The van der Waals surface area contributed by atoms with Gasteiger partial charge in [0.25, 0.3) is 0 Å². The minimum absolute atomic E-state index is 0.209. The van der Waals surface area contributed by atoms with Crippen LogP contribution in [0.2, 0.25) is 0 Å². The second kappa shape index (κ2) is 6.98. The Bertz CT molecular complexity index is 814. The number of fused-ring (bicyclic) bond motifs is 4. The number of hydrazone groups is 1. The van der Waals surface area contributed by atoms with Crippen LogP contribution in [0.3, 0.4) is 0 Å². The van der Waals surface area contributed by atoms with Gasteiger partial charge in [-0.1, -0.05) is 30.3 Å². The Balaban J connectivity index is 1.41. The van der Waals surface area contributed by atoms with Crippen LogP contribution in [-0.4, -0.2) is 47.0 Å². The SMILES string of the molecule is Oc1ccc2ccccc2c1/C=N/NC(=S)N[C@@H]1CN2CCC1CC2. The van der Waals surface area contributed by atoms with E-state index in [0.717, 1.165) is 17.3 Å². The van der Waals surface area contributed by atoms with E-state index in [9.17, 15) is 5.11 Å². The van der Waals surface area contributed by atoms with Crippen LogP contribution in [0.5, 0.6) is 5.75 Å². The van der Waals surface area contributed by atoms with Crippen molar-refractivity contribution in [1.29, 1.82) is 0 Å². The molecule has 2 aromatic rings. The summed E-state index contributed by atoms with van der Waals surface area (Å²) in [5, 5.41) is 20.3. The minimum Gasteiger partial charge on any atom is -0.507 e. The Morgan fingerprint density at radius 2 is 2.00 bits per heavy atom. The molecule has 0 radical (unpaired) electrons. The molecule has 5 nitrogen and oxygen atoms in total. The number of nitrogens with one attached hydrogen (secondary N) is 2. The number of piperidine rings is 3. The first kappa shape index (κ1) is 16.3. The highest BCUT2D eigenvalue weighted by atomic mass is 32.1. The van der Waals surface area contributed by atoms with Crippen LogP contribution in [0.4, 0.5) is 0 Å². The topological polar surface area (TPSA) is 59.9 Å². The number of aromatic hydroxyl groups is 1. The largest absolute Gasteiger partial charge is 0.507 e. The maximum absolute atomic E-state index is 10.1. The summed E-state index contributed by atoms with van der Waals surface area (Å²) in [5.41, 5.74) is 3.58. The Morgan fingerprint density at radius 3 is 2.76 bits per heavy atom. The number of thiocarbonyl (C=S) groups is 1. The van der Waals surface area contributed by atoms with E-state index in [2.05, 4.69) is 20.7 Å². The van der Waals surface area contributed by atoms with Crippen LogP contribution in [0.25, 0.3) is 10.8 Å². The molecule has 25 heavy (non-hydrogen) atoms. The van der Waals surface area contributed by atoms with Crippen molar-refractivity contribution < 1.29 is 5.11 Å². The van der Waals surface area contributed by atoms with Crippen LogP contribution in [0.1, 0.15) is 18.4 Å². The average molecular weight is 354 g/mol. The lowest BCUT2D eigenvalue weighted by atomic mass is 9.84. The molecule has 0 spiro atoms. The molecule has 0 saturated carbocycles. The maximum Gasteiger partial charge on any atom is 0.187 e. The van der Waals surface area contributed by atoms with Crippen molar-refractivity contribution >= 4 is 34.3 Å². The van der Waals surface area contributed by atoms with Gasteiger partial charge >= 0.3 is 0 Å². The van der Waals surface area contributed by atoms with Crippen molar-refractivity contribution in [3.63, 3.8) is 0 Å². The van der Waals surface area contributed by atoms with E-state index in [1.54, 1.807) is 12.3 Å². The van der Waals surface area contributed by atoms with Crippen LogP contribution < -0.4 is 10.7 Å². The fourth-order valence-corrected chi connectivity index (χ4v) is 4.11. The van der Waals surface area contributed by atoms with E-state index < -0.39 is 0 Å². The highest BCUT2D eigenvalue weighted by molar-refractivity contribution is 7.80. The van der Waals surface area contributed by atoms with Crippen molar-refractivity contribution in [3.05, 3.63) is 42.0 Å². The summed E-state index contributed by atoms with van der Waals surface area (Å²) >= 11 is 5.38. The zero-order valence-corrected chi connectivity index (χ0v) is 14.8. The number of phenolic OH excluding ortho intramolecular Hbond substituents is 1. The summed E-state index contributed by atoms with van der Waals surface area (Å²) < 4.78 is 0. The first-order chi connectivity index (χ1) is 12.2. The van der Waals surface area contributed by atoms with Crippen LogP contribution in [0.15, 0.2) is 41.5 Å². The van der Waals surface area contributed by atoms with E-state index >= 15 is 0 Å². The van der Waals surface area contributed by atoms with Gasteiger partial charge in [0.2, 0.25) is 0 Å². The lowest BCUT2D eigenvalue weighted by Gasteiger charge is -2.45. The van der Waals surface area contributed by atoms with Gasteiger partial charge in [-0.05, 0) is 60.9 Å². The first-order valence-corrected chi connectivity index (χ1v) is 9.14. The zero-order chi connectivity index (χ0) is 17.2. The molecular weight excluding hydrogens is 332 g/mol. The number of phenols is 1. The van der Waals surface area contributed by atoms with E-state index in [4.69, 9.17) is 12.2 Å². The molecule has 3 N–H and O–H groups in total. The molecule has 1 atom stereocenters. The molecule has 130 valence electrons. The second-order valence-corrected chi connectivity index (χ2v) is 7.22. The van der Waals surface area contributed by atoms with Crippen molar-refractivity contribution in [2.75, 3.05) is 19.6 Å². The van der Waals surface area contributed by atoms with Crippen molar-refractivity contribution in [2.45, 2.75) is 18.9 Å². The Hall–Kier alpha value is -2.18. The molecule has 0 amide bonds. The predicted octanol–water partition coefficient (Wildman–Crippen LogP) is 2.44. The molecule has 3 aliphatic heterocycles. The molecule has 2 aromatic carbocycles. The zero-order valence-electron chi connectivity index (χ0n) is 14.0. The Labute approximate surface area is 152 Å². The van der Waals surface area contributed by atoms with Gasteiger partial charge in [-0.15, -0.1) is 0 Å². The normalized spacial score (nSPS) is 25.4. The number of benzene rings is 2. The molecule has 3 aliphatic rings. The fraction of sp³-hybridized carbons (Fsp3) is 0.368. The molecule has 0 aromatic heterocycles. The van der Waals surface area contributed by atoms with Crippen LogP contribution in [-0.2, 0) is 0 Å². The summed E-state index contributed by atoms with van der Waals surface area (Å²) in [4.78, 5) is 2.48. The van der Waals surface area contributed by atoms with Gasteiger partial charge in [0.05, 0.1) is 6.21 Å². The third kappa shape index (κ3) is 3.45. The monoisotopic (exact) mass is 354 g/mol. The molecule has 0 unspecified atom stereocenters. The third-order valence-electron chi connectivity index (χ3n) is 5.28. The Morgan fingerprint density at radius 1 is 1.20 bits per heavy atom. The summed E-state index contributed by atoms with van der Waals surface area (Å²) in [6.07, 6.45) is 4.11. The quantitative estimate of drug-likeness (QED) is 0.449. The van der Waals surface area contributed by atoms with Crippen LogP contribution in [0, 0.1) is 5.92 Å². The van der Waals surface area contributed by atoms with E-state index in [1.807, 2.05) is 30.3 Å². The van der Waals surface area contributed by atoms with Crippen molar-refractivity contribution in [3.8, 4) is 5.75 Å². The number of hydrogen-bond acceptors (Lipinski definition) is 4. The predicted molar refractivity (Wildman–Crippen MR) is 105 cm³/mol. The van der Waals surface area contributed by atoms with E-state index in [1.165, 1.54) is 25.9 Å². The second-order valence-electron chi connectivity index (χ2n) is 6.81. The Kier molecular flexibility index (Phi) is 4.55. The molecule has 5 rings (SSSR count). The van der Waals surface area contributed by atoms with Crippen molar-refractivity contribution in [2.24, 2.45) is 11.0 Å². The fourth-order valence-electron chi connectivity index (χ4n) is 3.90. The van der Waals surface area contributed by atoms with Gasteiger partial charge in [0.15, 0.2) is 5.11 Å². The van der Waals surface area contributed by atoms with Crippen LogP contribution >= 0.6 is 12.2 Å². The molecule has 3 heterocycles. The van der Waals surface area contributed by atoms with E-state index in [0.29, 0.717) is 22.6 Å². The first-order valence-electron chi connectivity index (χ1n) is 8.73. The molecule has 6 heteroatoms. The van der Waals surface area contributed by atoms with Gasteiger partial charge in [0, 0.05) is 18.2 Å². The van der Waals surface area contributed by atoms with Gasteiger partial charge in [-0.25, -0.2) is 0 Å². The van der Waals surface area contributed by atoms with Gasteiger partial charge in [-0.2, -0.15) is 5.10 Å². The maximum atomic E-state index is 10.1. The molecule has 0 aliphatic carbocycles. The van der Waals surface area contributed by atoms with Gasteiger partial charge in [-0.3, -0.25) is 5.43 Å². The average Bonchev–Trinajstić information content (AvgIpc) is 2.64. The van der Waals surface area contributed by atoms with E-state index in [-0.39, 0.29) is 5.75 Å². The van der Waals surface area contributed by atoms with Crippen molar-refractivity contribution in [1.82, 2.24) is 15.6 Å². The molecule has 2 bridgehead atoms. The summed E-state index contributed by atoms with van der Waals surface area (Å²) in [6, 6.07) is 11.9. The standard InChI is InChI=1S/C19H22N4OS/c24-18-6-5-13-3-1-2-4-15(13)16(18)11-20-22-19(25)21-17-12-23-9-7-14(17)8-10-23/h1-6,11,14,17,24H,7-10,12H2,(H2,21,22,25)/b20-11+/t17-/m1/s1. The summed E-state index contributed by atoms with van der Waals surface area (Å²) in [6.45, 7) is 3.48. The highest BCUT2D eigenvalue weighted by Crippen LogP contribution is 2.27. The van der Waals surface area contributed by atoms with Gasteiger partial charge in [0.1, 0.15) is 5.75 Å². The lowest BCUT2D eigenvalue weighted by Crippen LogP contribution is -2.58. The number of hydrogen-bond donors (Lipinski definition) is 3. The highest BCUT2D eigenvalue weighted by Gasteiger charge is 2.34. The lowest BCUT2D eigenvalue weighted by molar-refractivity contribution is 0.0812. The molecule has 3 fully saturated rings. The number of nitrogens with zero attached hydrogens (tertiary/aromatic N) is 2. The van der Waals surface area contributed by atoms with Gasteiger partial charge < -0.3 is 15.3 Å². The smallest absolute Gasteiger partial charge is 0.187 e. The third-order valence-corrected chi connectivity index (χ3v) is 5.49.